The van der Waals surface area contributed by atoms with Crippen molar-refractivity contribution >= 4 is 11.0 Å². The first-order chi connectivity index (χ1) is 4.97. The summed E-state index contributed by atoms with van der Waals surface area (Å²) in [6.45, 7) is 0. The molecule has 0 unspecified atom stereocenters. The minimum Gasteiger partial charge on any atom is -0.253 e. The molecule has 0 N–H and O–H groups in total. The van der Waals surface area contributed by atoms with Gasteiger partial charge in [0.2, 0.25) is 0 Å². The van der Waals surface area contributed by atoms with Gasteiger partial charge in [-0.05, 0) is 12.1 Å². The summed E-state index contributed by atoms with van der Waals surface area (Å²) in [5, 5.41) is 0. The Balaban J connectivity index is 0.000000605. The van der Waals surface area contributed by atoms with Gasteiger partial charge < -0.3 is 0 Å². The van der Waals surface area contributed by atoms with E-state index in [1.807, 2.05) is 24.3 Å². The second kappa shape index (κ2) is 3.56. The van der Waals surface area contributed by atoms with Crippen LogP contribution in [0.15, 0.2) is 36.7 Å². The molecule has 2 nitrogen and oxygen atoms in total. The van der Waals surface area contributed by atoms with E-state index in [-0.39, 0.29) is 20.1 Å². The van der Waals surface area contributed by atoms with Gasteiger partial charge in [0.25, 0.3) is 0 Å². The van der Waals surface area contributed by atoms with Gasteiger partial charge >= 0.3 is 0 Å². The average Bonchev–Trinajstić information content (AvgIpc) is 2.05. The molecule has 1 aromatic heterocycles. The van der Waals surface area contributed by atoms with Crippen molar-refractivity contribution in [2.75, 3.05) is 0 Å². The molecule has 0 spiro atoms. The van der Waals surface area contributed by atoms with Crippen LogP contribution in [0.2, 0.25) is 0 Å². The molecule has 0 bridgehead atoms. The van der Waals surface area contributed by atoms with Gasteiger partial charge in [-0.2, -0.15) is 0 Å². The van der Waals surface area contributed by atoms with Crippen molar-refractivity contribution in [1.82, 2.24) is 9.97 Å². The fourth-order valence-electron chi connectivity index (χ4n) is 0.910. The molecule has 2 rings (SSSR count). The molecule has 11 heavy (non-hydrogen) atoms. The van der Waals surface area contributed by atoms with Gasteiger partial charge in [-0.3, -0.25) is 9.97 Å². The Morgan fingerprint density at radius 1 is 0.818 bits per heavy atom. The van der Waals surface area contributed by atoms with E-state index >= 15 is 0 Å². The van der Waals surface area contributed by atoms with Crippen LogP contribution in [0.3, 0.4) is 0 Å². The van der Waals surface area contributed by atoms with Crippen LogP contribution in [-0.2, 0) is 20.1 Å². The van der Waals surface area contributed by atoms with Gasteiger partial charge in [0, 0.05) is 32.5 Å². The molecule has 0 atom stereocenters. The zero-order chi connectivity index (χ0) is 6.81. The minimum absolute atomic E-state index is 0. The largest absolute Gasteiger partial charge is 0.253 e. The maximum atomic E-state index is 4.12. The standard InChI is InChI=1S/C8H6N2.Ir/c1-2-4-8-7(3-1)9-5-6-10-8;/h1-6H;. The van der Waals surface area contributed by atoms with E-state index in [1.54, 1.807) is 12.4 Å². The Hall–Kier alpha value is -0.791. The van der Waals surface area contributed by atoms with Crippen LogP contribution in [0.5, 0.6) is 0 Å². The fraction of sp³-hybridized carbons (Fsp3) is 0. The van der Waals surface area contributed by atoms with Gasteiger partial charge in [-0.25, -0.2) is 0 Å². The summed E-state index contributed by atoms with van der Waals surface area (Å²) in [6, 6.07) is 7.80. The number of hydrogen-bond acceptors (Lipinski definition) is 2. The number of para-hydroxylation sites is 2. The number of rotatable bonds is 0. The van der Waals surface area contributed by atoms with Crippen molar-refractivity contribution in [1.29, 1.82) is 0 Å². The van der Waals surface area contributed by atoms with Crippen LogP contribution in [0.4, 0.5) is 0 Å². The number of hydrogen-bond donors (Lipinski definition) is 0. The molecule has 0 amide bonds. The molecule has 0 aliphatic carbocycles. The molecule has 0 fully saturated rings. The summed E-state index contributed by atoms with van der Waals surface area (Å²) in [4.78, 5) is 8.24. The summed E-state index contributed by atoms with van der Waals surface area (Å²) < 4.78 is 0. The summed E-state index contributed by atoms with van der Waals surface area (Å²) in [5.41, 5.74) is 1.90. The van der Waals surface area contributed by atoms with E-state index in [2.05, 4.69) is 9.97 Å². The van der Waals surface area contributed by atoms with Crippen molar-refractivity contribution in [2.24, 2.45) is 0 Å². The SMILES string of the molecule is [Ir].c1ccc2nccnc2c1. The van der Waals surface area contributed by atoms with E-state index in [0.717, 1.165) is 11.0 Å². The van der Waals surface area contributed by atoms with Gasteiger partial charge in [0.05, 0.1) is 11.0 Å². The zero-order valence-corrected chi connectivity index (χ0v) is 8.09. The Kier molecular flexibility index (Phi) is 2.69. The van der Waals surface area contributed by atoms with Crippen molar-refractivity contribution in [3.63, 3.8) is 0 Å². The maximum absolute atomic E-state index is 4.12. The number of nitrogens with zero attached hydrogens (tertiary/aromatic N) is 2. The van der Waals surface area contributed by atoms with Crippen molar-refractivity contribution in [3.8, 4) is 0 Å². The van der Waals surface area contributed by atoms with Gasteiger partial charge in [0.15, 0.2) is 0 Å². The average molecular weight is 322 g/mol. The summed E-state index contributed by atoms with van der Waals surface area (Å²) >= 11 is 0. The third-order valence-electron chi connectivity index (χ3n) is 1.38. The third kappa shape index (κ3) is 1.62. The summed E-state index contributed by atoms with van der Waals surface area (Å²) in [6.07, 6.45) is 3.39. The molecular formula is C8H6IrN2. The molecule has 3 heteroatoms. The molecule has 0 aliphatic heterocycles. The van der Waals surface area contributed by atoms with Gasteiger partial charge in [-0.15, -0.1) is 0 Å². The predicted molar refractivity (Wildman–Crippen MR) is 39.5 cm³/mol. The molecule has 1 heterocycles. The third-order valence-corrected chi connectivity index (χ3v) is 1.38. The zero-order valence-electron chi connectivity index (χ0n) is 5.69. The molecular weight excluding hydrogens is 316 g/mol. The Morgan fingerprint density at radius 3 is 1.73 bits per heavy atom. The van der Waals surface area contributed by atoms with Crippen LogP contribution >= 0.6 is 0 Å². The monoisotopic (exact) mass is 323 g/mol. The van der Waals surface area contributed by atoms with Crippen LogP contribution in [-0.4, -0.2) is 9.97 Å². The van der Waals surface area contributed by atoms with Crippen LogP contribution in [0.25, 0.3) is 11.0 Å². The predicted octanol–water partition coefficient (Wildman–Crippen LogP) is 1.63. The maximum Gasteiger partial charge on any atom is 0.0886 e. The molecule has 1 radical (unpaired) electrons. The van der Waals surface area contributed by atoms with E-state index < -0.39 is 0 Å². The van der Waals surface area contributed by atoms with E-state index in [4.69, 9.17) is 0 Å². The topological polar surface area (TPSA) is 25.8 Å². The molecule has 0 saturated carbocycles. The van der Waals surface area contributed by atoms with Gasteiger partial charge in [-0.1, -0.05) is 12.1 Å². The Labute approximate surface area is 78.0 Å². The van der Waals surface area contributed by atoms with Crippen molar-refractivity contribution in [3.05, 3.63) is 36.7 Å². The Morgan fingerprint density at radius 2 is 1.27 bits per heavy atom. The second-order valence-electron chi connectivity index (χ2n) is 2.05. The summed E-state index contributed by atoms with van der Waals surface area (Å²) in [7, 11) is 0. The van der Waals surface area contributed by atoms with Crippen LogP contribution < -0.4 is 0 Å². The molecule has 2 aromatic rings. The van der Waals surface area contributed by atoms with E-state index in [1.165, 1.54) is 0 Å². The Bertz CT molecular complexity index is 283. The normalized spacial score (nSPS) is 9.09. The quantitative estimate of drug-likeness (QED) is 0.737. The molecule has 0 saturated heterocycles. The minimum atomic E-state index is 0. The number of aromatic nitrogens is 2. The van der Waals surface area contributed by atoms with Crippen molar-refractivity contribution in [2.45, 2.75) is 0 Å². The molecule has 0 aliphatic rings. The van der Waals surface area contributed by atoms with E-state index in [9.17, 15) is 0 Å². The summed E-state index contributed by atoms with van der Waals surface area (Å²) in [5.74, 6) is 0. The van der Waals surface area contributed by atoms with E-state index in [0.29, 0.717) is 0 Å². The van der Waals surface area contributed by atoms with Crippen LogP contribution in [0, 0.1) is 0 Å². The molecule has 57 valence electrons. The van der Waals surface area contributed by atoms with Crippen molar-refractivity contribution < 1.29 is 20.1 Å². The first kappa shape index (κ1) is 8.31. The second-order valence-corrected chi connectivity index (χ2v) is 2.05. The van der Waals surface area contributed by atoms with Gasteiger partial charge in [0.1, 0.15) is 0 Å². The number of benzene rings is 1. The fourth-order valence-corrected chi connectivity index (χ4v) is 0.910. The smallest absolute Gasteiger partial charge is 0.0886 e. The molecule has 1 aromatic carbocycles. The first-order valence-electron chi connectivity index (χ1n) is 3.12. The number of fused-ring (bicyclic) bond motifs is 1. The van der Waals surface area contributed by atoms with Crippen LogP contribution in [0.1, 0.15) is 0 Å². The first-order valence-corrected chi connectivity index (χ1v) is 3.12.